The van der Waals surface area contributed by atoms with E-state index in [1.54, 1.807) is 4.90 Å². The molecule has 1 amide bonds. The van der Waals surface area contributed by atoms with E-state index in [-0.39, 0.29) is 17.6 Å². The predicted octanol–water partition coefficient (Wildman–Crippen LogP) is 0.112. The van der Waals surface area contributed by atoms with Crippen molar-refractivity contribution in [3.05, 3.63) is 0 Å². The van der Waals surface area contributed by atoms with Crippen molar-refractivity contribution in [2.45, 2.75) is 44.2 Å². The smallest absolute Gasteiger partial charge is 0.242 e. The van der Waals surface area contributed by atoms with Crippen LogP contribution in [0.2, 0.25) is 0 Å². The molecule has 15 heavy (non-hydrogen) atoms. The fourth-order valence-electron chi connectivity index (χ4n) is 2.51. The summed E-state index contributed by atoms with van der Waals surface area (Å²) >= 11 is 0. The molecule has 2 N–H and O–H groups in total. The monoisotopic (exact) mass is 212 g/mol. The summed E-state index contributed by atoms with van der Waals surface area (Å²) in [5.74, 6) is 0.166. The number of carbonyl (C=O) groups is 1. The minimum Gasteiger partial charge on any atom is -0.391 e. The Morgan fingerprint density at radius 2 is 2.33 bits per heavy atom. The lowest BCUT2D eigenvalue weighted by Crippen LogP contribution is -2.57. The van der Waals surface area contributed by atoms with Crippen LogP contribution in [0.3, 0.4) is 0 Å². The molecule has 2 aliphatic rings. The summed E-state index contributed by atoms with van der Waals surface area (Å²) in [6.07, 6.45) is 3.60. The predicted molar refractivity (Wildman–Crippen MR) is 57.5 cm³/mol. The Morgan fingerprint density at radius 3 is 2.87 bits per heavy atom. The van der Waals surface area contributed by atoms with Gasteiger partial charge in [-0.2, -0.15) is 0 Å². The number of amides is 1. The topological polar surface area (TPSA) is 52.6 Å². The van der Waals surface area contributed by atoms with Gasteiger partial charge in [-0.15, -0.1) is 0 Å². The van der Waals surface area contributed by atoms with Crippen LogP contribution in [0.4, 0.5) is 0 Å². The van der Waals surface area contributed by atoms with Gasteiger partial charge in [-0.05, 0) is 39.2 Å². The van der Waals surface area contributed by atoms with E-state index in [2.05, 4.69) is 5.32 Å². The molecule has 2 saturated heterocycles. The number of likely N-dealkylation sites (tertiary alicyclic amines) is 1. The van der Waals surface area contributed by atoms with Crippen molar-refractivity contribution in [3.63, 3.8) is 0 Å². The Labute approximate surface area is 90.6 Å². The largest absolute Gasteiger partial charge is 0.391 e. The van der Waals surface area contributed by atoms with Crippen LogP contribution in [-0.2, 0) is 4.79 Å². The molecule has 0 radical (unpaired) electrons. The number of nitrogens with zero attached hydrogens (tertiary/aromatic N) is 1. The van der Waals surface area contributed by atoms with E-state index < -0.39 is 0 Å². The van der Waals surface area contributed by atoms with E-state index in [1.807, 2.05) is 6.92 Å². The number of carbonyl (C=O) groups excluding carboxylic acids is 1. The molecule has 0 spiro atoms. The highest BCUT2D eigenvalue weighted by Crippen LogP contribution is 2.23. The summed E-state index contributed by atoms with van der Waals surface area (Å²) in [6, 6.07) is 0. The van der Waals surface area contributed by atoms with E-state index in [9.17, 15) is 9.90 Å². The molecule has 0 aromatic carbocycles. The van der Waals surface area contributed by atoms with E-state index in [0.29, 0.717) is 13.1 Å². The van der Waals surface area contributed by atoms with Crippen LogP contribution in [0.25, 0.3) is 0 Å². The van der Waals surface area contributed by atoms with Gasteiger partial charge in [0.1, 0.15) is 0 Å². The van der Waals surface area contributed by atoms with Gasteiger partial charge in [0.05, 0.1) is 11.6 Å². The van der Waals surface area contributed by atoms with Crippen LogP contribution in [0, 0.1) is 0 Å². The minimum atomic E-state index is -0.387. The zero-order valence-electron chi connectivity index (χ0n) is 9.33. The second kappa shape index (κ2) is 4.10. The Kier molecular flexibility index (Phi) is 2.98. The van der Waals surface area contributed by atoms with Gasteiger partial charge >= 0.3 is 0 Å². The molecule has 4 heteroatoms. The standard InChI is InChI=1S/C11H20N2O2/c1-11(5-2-3-6-12-11)10(15)13-7-4-9(14)8-13/h9,12,14H,2-8H2,1H3. The van der Waals surface area contributed by atoms with Crippen molar-refractivity contribution in [2.75, 3.05) is 19.6 Å². The average Bonchev–Trinajstić information content (AvgIpc) is 2.65. The lowest BCUT2D eigenvalue weighted by Gasteiger charge is -2.36. The molecule has 0 saturated carbocycles. The Bertz CT molecular complexity index is 249. The Balaban J connectivity index is 1.99. The summed E-state index contributed by atoms with van der Waals surface area (Å²) in [6.45, 7) is 4.13. The maximum Gasteiger partial charge on any atom is 0.242 e. The molecule has 86 valence electrons. The molecule has 2 fully saturated rings. The maximum absolute atomic E-state index is 12.2. The molecule has 0 bridgehead atoms. The highest BCUT2D eigenvalue weighted by atomic mass is 16.3. The lowest BCUT2D eigenvalue weighted by atomic mass is 9.89. The van der Waals surface area contributed by atoms with Gasteiger partial charge in [0.2, 0.25) is 5.91 Å². The minimum absolute atomic E-state index is 0.166. The van der Waals surface area contributed by atoms with Gasteiger partial charge in [-0.25, -0.2) is 0 Å². The molecule has 2 aliphatic heterocycles. The van der Waals surface area contributed by atoms with Gasteiger partial charge in [-0.3, -0.25) is 4.79 Å². The van der Waals surface area contributed by atoms with Crippen LogP contribution in [-0.4, -0.2) is 47.2 Å². The van der Waals surface area contributed by atoms with Crippen molar-refractivity contribution in [1.29, 1.82) is 0 Å². The van der Waals surface area contributed by atoms with E-state index in [4.69, 9.17) is 0 Å². The van der Waals surface area contributed by atoms with Gasteiger partial charge in [0.25, 0.3) is 0 Å². The second-order valence-electron chi connectivity index (χ2n) is 4.91. The third kappa shape index (κ3) is 2.16. The Hall–Kier alpha value is -0.610. The molecule has 2 atom stereocenters. The van der Waals surface area contributed by atoms with Crippen molar-refractivity contribution in [1.82, 2.24) is 10.2 Å². The highest BCUT2D eigenvalue weighted by molar-refractivity contribution is 5.86. The summed E-state index contributed by atoms with van der Waals surface area (Å²) < 4.78 is 0. The third-order valence-electron chi connectivity index (χ3n) is 3.54. The normalized spacial score (nSPS) is 36.9. The zero-order chi connectivity index (χ0) is 10.9. The summed E-state index contributed by atoms with van der Waals surface area (Å²) in [5.41, 5.74) is -0.387. The van der Waals surface area contributed by atoms with E-state index in [0.717, 1.165) is 32.2 Å². The van der Waals surface area contributed by atoms with Crippen LogP contribution in [0.15, 0.2) is 0 Å². The summed E-state index contributed by atoms with van der Waals surface area (Å²) in [7, 11) is 0. The molecular weight excluding hydrogens is 192 g/mol. The number of β-amino-alcohol motifs (C(OH)–C–C–N with tert-alkyl or cyclic N) is 1. The number of rotatable bonds is 1. The molecule has 4 nitrogen and oxygen atoms in total. The SMILES string of the molecule is CC1(C(=O)N2CCC(O)C2)CCCCN1. The quantitative estimate of drug-likeness (QED) is 0.649. The van der Waals surface area contributed by atoms with Crippen molar-refractivity contribution < 1.29 is 9.90 Å². The lowest BCUT2D eigenvalue weighted by molar-refractivity contribution is -0.138. The van der Waals surface area contributed by atoms with Crippen LogP contribution < -0.4 is 5.32 Å². The first-order chi connectivity index (χ1) is 7.12. The van der Waals surface area contributed by atoms with Gasteiger partial charge in [0, 0.05) is 13.1 Å². The van der Waals surface area contributed by atoms with Crippen molar-refractivity contribution in [3.8, 4) is 0 Å². The van der Waals surface area contributed by atoms with Crippen molar-refractivity contribution in [2.24, 2.45) is 0 Å². The first-order valence-corrected chi connectivity index (χ1v) is 5.84. The fourth-order valence-corrected chi connectivity index (χ4v) is 2.51. The van der Waals surface area contributed by atoms with Gasteiger partial charge < -0.3 is 15.3 Å². The summed E-state index contributed by atoms with van der Waals surface area (Å²) in [5, 5.41) is 12.7. The highest BCUT2D eigenvalue weighted by Gasteiger charge is 2.39. The van der Waals surface area contributed by atoms with Crippen LogP contribution in [0.1, 0.15) is 32.6 Å². The number of nitrogens with one attached hydrogen (secondary N) is 1. The zero-order valence-corrected chi connectivity index (χ0v) is 9.33. The van der Waals surface area contributed by atoms with Gasteiger partial charge in [-0.1, -0.05) is 0 Å². The first kappa shape index (κ1) is 10.9. The Morgan fingerprint density at radius 1 is 1.53 bits per heavy atom. The summed E-state index contributed by atoms with van der Waals surface area (Å²) in [4.78, 5) is 14.0. The van der Waals surface area contributed by atoms with E-state index in [1.165, 1.54) is 0 Å². The molecule has 0 aromatic rings. The fraction of sp³-hybridized carbons (Fsp3) is 0.909. The second-order valence-corrected chi connectivity index (χ2v) is 4.91. The number of aliphatic hydroxyl groups is 1. The molecule has 0 aliphatic carbocycles. The molecule has 2 rings (SSSR count). The molecular formula is C11H20N2O2. The number of aliphatic hydroxyl groups excluding tert-OH is 1. The number of hydrogen-bond donors (Lipinski definition) is 2. The maximum atomic E-state index is 12.2. The van der Waals surface area contributed by atoms with Crippen LogP contribution in [0.5, 0.6) is 0 Å². The van der Waals surface area contributed by atoms with Crippen molar-refractivity contribution >= 4 is 5.91 Å². The number of hydrogen-bond acceptors (Lipinski definition) is 3. The van der Waals surface area contributed by atoms with Crippen LogP contribution >= 0.6 is 0 Å². The third-order valence-corrected chi connectivity index (χ3v) is 3.54. The molecule has 2 unspecified atom stereocenters. The van der Waals surface area contributed by atoms with Gasteiger partial charge in [0.15, 0.2) is 0 Å². The molecule has 2 heterocycles. The number of piperidine rings is 1. The molecule has 0 aromatic heterocycles. The average molecular weight is 212 g/mol. The van der Waals surface area contributed by atoms with E-state index >= 15 is 0 Å². The first-order valence-electron chi connectivity index (χ1n) is 5.84.